The molecule has 7 heteroatoms. The zero-order chi connectivity index (χ0) is 10.9. The van der Waals surface area contributed by atoms with E-state index in [0.717, 1.165) is 12.8 Å². The van der Waals surface area contributed by atoms with E-state index in [1.807, 2.05) is 0 Å². The van der Waals surface area contributed by atoms with Crippen molar-refractivity contribution in [2.45, 2.75) is 30.9 Å². The first kappa shape index (κ1) is 10.4. The van der Waals surface area contributed by atoms with Gasteiger partial charge >= 0.3 is 6.01 Å². The highest BCUT2D eigenvalue weighted by molar-refractivity contribution is 7.92. The average Bonchev–Trinajstić information content (AvgIpc) is 2.55. The van der Waals surface area contributed by atoms with Crippen molar-refractivity contribution in [1.82, 2.24) is 10.1 Å². The van der Waals surface area contributed by atoms with E-state index in [1.165, 1.54) is 0 Å². The molecule has 0 amide bonds. The van der Waals surface area contributed by atoms with Gasteiger partial charge in [-0.25, -0.2) is 8.42 Å². The lowest BCUT2D eigenvalue weighted by atomic mass is 10.1. The molecule has 0 aromatic carbocycles. The molecule has 2 N–H and O–H groups in total. The molecule has 6 nitrogen and oxygen atoms in total. The predicted octanol–water partition coefficient (Wildman–Crippen LogP) is 0.162. The summed E-state index contributed by atoms with van der Waals surface area (Å²) in [5.74, 6) is 0.647. The number of hydrogen-bond donors (Lipinski definition) is 1. The number of anilines is 1. The number of nitrogens with zero attached hydrogens (tertiary/aromatic N) is 2. The third-order valence-corrected chi connectivity index (χ3v) is 4.88. The molecule has 1 aromatic heterocycles. The molecule has 1 aromatic rings. The standard InChI is InChI=1S/C8H13N3O3S/c9-8-10-7(11-14-8)5-6-3-1-2-4-15(6,12)13/h6H,1-5H2,(H2,9,10,11). The molecule has 0 aliphatic carbocycles. The molecule has 1 unspecified atom stereocenters. The monoisotopic (exact) mass is 231 g/mol. The fraction of sp³-hybridized carbons (Fsp3) is 0.750. The molecular weight excluding hydrogens is 218 g/mol. The fourth-order valence-electron chi connectivity index (χ4n) is 1.80. The van der Waals surface area contributed by atoms with Gasteiger partial charge < -0.3 is 10.3 Å². The minimum absolute atomic E-state index is 0.0155. The van der Waals surface area contributed by atoms with Crippen LogP contribution in [0, 0.1) is 0 Å². The van der Waals surface area contributed by atoms with E-state index in [-0.39, 0.29) is 17.0 Å². The number of nitrogen functional groups attached to an aromatic ring is 1. The van der Waals surface area contributed by atoms with Crippen molar-refractivity contribution in [1.29, 1.82) is 0 Å². The minimum Gasteiger partial charge on any atom is -0.351 e. The van der Waals surface area contributed by atoms with Gasteiger partial charge in [-0.2, -0.15) is 4.98 Å². The van der Waals surface area contributed by atoms with E-state index < -0.39 is 9.84 Å². The van der Waals surface area contributed by atoms with Crippen LogP contribution in [-0.2, 0) is 16.3 Å². The van der Waals surface area contributed by atoms with Gasteiger partial charge in [-0.3, -0.25) is 0 Å². The Morgan fingerprint density at radius 1 is 1.47 bits per heavy atom. The van der Waals surface area contributed by atoms with Crippen LogP contribution in [0.15, 0.2) is 4.52 Å². The van der Waals surface area contributed by atoms with Gasteiger partial charge in [0.2, 0.25) is 0 Å². The Morgan fingerprint density at radius 3 is 2.87 bits per heavy atom. The number of sulfone groups is 1. The summed E-state index contributed by atoms with van der Waals surface area (Å²) >= 11 is 0. The summed E-state index contributed by atoms with van der Waals surface area (Å²) in [5.41, 5.74) is 5.26. The van der Waals surface area contributed by atoms with E-state index in [1.54, 1.807) is 0 Å². The lowest BCUT2D eigenvalue weighted by molar-refractivity contribution is 0.424. The molecule has 0 saturated carbocycles. The summed E-state index contributed by atoms with van der Waals surface area (Å²) in [7, 11) is -2.97. The number of rotatable bonds is 2. The van der Waals surface area contributed by atoms with Crippen molar-refractivity contribution >= 4 is 15.9 Å². The summed E-state index contributed by atoms with van der Waals surface area (Å²) in [6.45, 7) is 0. The predicted molar refractivity (Wildman–Crippen MR) is 53.8 cm³/mol. The van der Waals surface area contributed by atoms with Crippen molar-refractivity contribution < 1.29 is 12.9 Å². The maximum Gasteiger partial charge on any atom is 0.318 e. The van der Waals surface area contributed by atoms with Gasteiger partial charge in [0.1, 0.15) is 0 Å². The van der Waals surface area contributed by atoms with Gasteiger partial charge in [0.25, 0.3) is 0 Å². The first-order chi connectivity index (χ1) is 7.08. The summed E-state index contributed by atoms with van der Waals surface area (Å²) < 4.78 is 27.9. The highest BCUT2D eigenvalue weighted by Crippen LogP contribution is 2.22. The number of hydrogen-bond acceptors (Lipinski definition) is 6. The van der Waals surface area contributed by atoms with Gasteiger partial charge in [-0.1, -0.05) is 11.6 Å². The van der Waals surface area contributed by atoms with Crippen molar-refractivity contribution in [3.8, 4) is 0 Å². The Labute approximate surface area is 87.8 Å². The Kier molecular flexibility index (Phi) is 2.64. The Balaban J connectivity index is 2.11. The fourth-order valence-corrected chi connectivity index (χ4v) is 3.67. The van der Waals surface area contributed by atoms with E-state index >= 15 is 0 Å². The van der Waals surface area contributed by atoms with E-state index in [9.17, 15) is 8.42 Å². The van der Waals surface area contributed by atoms with Crippen LogP contribution in [-0.4, -0.2) is 29.6 Å². The van der Waals surface area contributed by atoms with E-state index in [0.29, 0.717) is 18.7 Å². The second-order valence-corrected chi connectivity index (χ2v) is 6.14. The lowest BCUT2D eigenvalue weighted by Gasteiger charge is -2.20. The smallest absolute Gasteiger partial charge is 0.318 e. The average molecular weight is 231 g/mol. The summed E-state index contributed by atoms with van der Waals surface area (Å²) in [6.07, 6.45) is 2.68. The molecular formula is C8H13N3O3S. The summed E-state index contributed by atoms with van der Waals surface area (Å²) in [5, 5.41) is 3.23. The molecule has 2 heterocycles. The van der Waals surface area contributed by atoms with Crippen LogP contribution in [0.1, 0.15) is 25.1 Å². The molecule has 0 radical (unpaired) electrons. The second-order valence-electron chi connectivity index (χ2n) is 3.74. The third kappa shape index (κ3) is 2.28. The number of aromatic nitrogens is 2. The second kappa shape index (κ2) is 3.80. The maximum absolute atomic E-state index is 11.7. The zero-order valence-corrected chi connectivity index (χ0v) is 9.03. The Morgan fingerprint density at radius 2 is 2.27 bits per heavy atom. The SMILES string of the molecule is Nc1nc(CC2CCCCS2(=O)=O)no1. The van der Waals surface area contributed by atoms with Crippen LogP contribution in [0.3, 0.4) is 0 Å². The minimum atomic E-state index is -2.97. The quantitative estimate of drug-likeness (QED) is 0.778. The van der Waals surface area contributed by atoms with Crippen LogP contribution in [0.5, 0.6) is 0 Å². The van der Waals surface area contributed by atoms with Crippen molar-refractivity contribution in [3.63, 3.8) is 0 Å². The van der Waals surface area contributed by atoms with Gasteiger partial charge in [0.15, 0.2) is 15.7 Å². The van der Waals surface area contributed by atoms with Crippen LogP contribution in [0.2, 0.25) is 0 Å². The molecule has 0 spiro atoms. The van der Waals surface area contributed by atoms with Gasteiger partial charge in [-0.15, -0.1) is 0 Å². The number of nitrogens with two attached hydrogens (primary N) is 1. The first-order valence-corrected chi connectivity index (χ1v) is 6.59. The Bertz CT molecular complexity index is 440. The molecule has 1 fully saturated rings. The summed E-state index contributed by atoms with van der Waals surface area (Å²) in [6, 6.07) is -0.0155. The lowest BCUT2D eigenvalue weighted by Crippen LogP contribution is -2.30. The Hall–Kier alpha value is -1.11. The molecule has 84 valence electrons. The van der Waals surface area contributed by atoms with E-state index in [4.69, 9.17) is 5.73 Å². The molecule has 0 bridgehead atoms. The molecule has 2 rings (SSSR count). The molecule has 1 saturated heterocycles. The summed E-state index contributed by atoms with van der Waals surface area (Å²) in [4.78, 5) is 3.81. The van der Waals surface area contributed by atoms with E-state index in [2.05, 4.69) is 14.7 Å². The van der Waals surface area contributed by atoms with Crippen molar-refractivity contribution in [3.05, 3.63) is 5.82 Å². The normalized spacial score (nSPS) is 25.2. The highest BCUT2D eigenvalue weighted by atomic mass is 32.2. The van der Waals surface area contributed by atoms with Crippen LogP contribution < -0.4 is 5.73 Å². The van der Waals surface area contributed by atoms with Gasteiger partial charge in [0.05, 0.1) is 11.0 Å². The largest absolute Gasteiger partial charge is 0.351 e. The van der Waals surface area contributed by atoms with Crippen LogP contribution in [0.25, 0.3) is 0 Å². The van der Waals surface area contributed by atoms with Gasteiger partial charge in [-0.05, 0) is 12.8 Å². The molecule has 1 atom stereocenters. The van der Waals surface area contributed by atoms with Crippen LogP contribution in [0.4, 0.5) is 6.01 Å². The van der Waals surface area contributed by atoms with Crippen molar-refractivity contribution in [2.24, 2.45) is 0 Å². The zero-order valence-electron chi connectivity index (χ0n) is 8.22. The van der Waals surface area contributed by atoms with Crippen LogP contribution >= 0.6 is 0 Å². The highest BCUT2D eigenvalue weighted by Gasteiger charge is 2.30. The molecule has 1 aliphatic rings. The first-order valence-electron chi connectivity index (χ1n) is 4.87. The molecule has 15 heavy (non-hydrogen) atoms. The molecule has 1 aliphatic heterocycles. The topological polar surface area (TPSA) is 99.1 Å². The third-order valence-electron chi connectivity index (χ3n) is 2.61. The van der Waals surface area contributed by atoms with Gasteiger partial charge in [0, 0.05) is 6.42 Å². The maximum atomic E-state index is 11.7. The van der Waals surface area contributed by atoms with Crippen molar-refractivity contribution in [2.75, 3.05) is 11.5 Å².